The SMILES string of the molecule is CN1CCC(=O)C(C)(CC/C=N\[N+](=O)[O-])C1. The third-order valence-electron chi connectivity index (χ3n) is 3.01. The number of piperidine rings is 1. The van der Waals surface area contributed by atoms with Gasteiger partial charge >= 0.3 is 0 Å². The fourth-order valence-electron chi connectivity index (χ4n) is 2.08. The van der Waals surface area contributed by atoms with Gasteiger partial charge in [0.2, 0.25) is 0 Å². The van der Waals surface area contributed by atoms with Gasteiger partial charge in [-0.3, -0.25) is 4.79 Å². The van der Waals surface area contributed by atoms with Gasteiger partial charge < -0.3 is 4.90 Å². The van der Waals surface area contributed by atoms with Gasteiger partial charge in [0.15, 0.2) is 5.03 Å². The van der Waals surface area contributed by atoms with Crippen LogP contribution in [-0.4, -0.2) is 42.1 Å². The van der Waals surface area contributed by atoms with E-state index in [1.165, 1.54) is 6.21 Å². The first kappa shape index (κ1) is 12.8. The monoisotopic (exact) mass is 227 g/mol. The molecule has 0 N–H and O–H groups in total. The van der Waals surface area contributed by atoms with Crippen molar-refractivity contribution in [3.05, 3.63) is 10.1 Å². The molecule has 1 atom stereocenters. The summed E-state index contributed by atoms with van der Waals surface area (Å²) >= 11 is 0. The van der Waals surface area contributed by atoms with Crippen molar-refractivity contribution in [3.8, 4) is 0 Å². The lowest BCUT2D eigenvalue weighted by molar-refractivity contribution is -0.484. The molecule has 1 heterocycles. The van der Waals surface area contributed by atoms with Gasteiger partial charge in [0.25, 0.3) is 0 Å². The molecule has 0 bridgehead atoms. The van der Waals surface area contributed by atoms with Crippen molar-refractivity contribution >= 4 is 12.0 Å². The van der Waals surface area contributed by atoms with E-state index in [0.717, 1.165) is 13.1 Å². The Kier molecular flexibility index (Phi) is 4.12. The molecule has 1 unspecified atom stereocenters. The third-order valence-corrected chi connectivity index (χ3v) is 3.01. The predicted octanol–water partition coefficient (Wildman–Crippen LogP) is 0.940. The molecule has 0 aromatic rings. The summed E-state index contributed by atoms with van der Waals surface area (Å²) in [6.45, 7) is 3.44. The Morgan fingerprint density at radius 2 is 2.38 bits per heavy atom. The van der Waals surface area contributed by atoms with Crippen LogP contribution in [0, 0.1) is 15.5 Å². The molecule has 1 aliphatic rings. The average molecular weight is 227 g/mol. The molecule has 1 fully saturated rings. The summed E-state index contributed by atoms with van der Waals surface area (Å²) in [6, 6.07) is 0. The van der Waals surface area contributed by atoms with Crippen LogP contribution in [-0.2, 0) is 4.79 Å². The summed E-state index contributed by atoms with van der Waals surface area (Å²) in [5.41, 5.74) is -0.379. The molecule has 0 aliphatic carbocycles. The number of rotatable bonds is 4. The van der Waals surface area contributed by atoms with E-state index in [4.69, 9.17) is 0 Å². The third kappa shape index (κ3) is 3.37. The van der Waals surface area contributed by atoms with Crippen LogP contribution in [0.3, 0.4) is 0 Å². The topological polar surface area (TPSA) is 75.8 Å². The highest BCUT2D eigenvalue weighted by atomic mass is 16.7. The smallest absolute Gasteiger partial charge is 0.190 e. The van der Waals surface area contributed by atoms with E-state index in [1.54, 1.807) is 0 Å². The molecule has 1 saturated heterocycles. The second kappa shape index (κ2) is 5.16. The second-order valence-electron chi connectivity index (χ2n) is 4.55. The van der Waals surface area contributed by atoms with Gasteiger partial charge in [0, 0.05) is 24.9 Å². The van der Waals surface area contributed by atoms with Crippen LogP contribution in [0.4, 0.5) is 0 Å². The Bertz CT molecular complexity index is 316. The van der Waals surface area contributed by atoms with Crippen molar-refractivity contribution in [1.29, 1.82) is 0 Å². The van der Waals surface area contributed by atoms with Gasteiger partial charge in [-0.1, -0.05) is 6.92 Å². The van der Waals surface area contributed by atoms with Gasteiger partial charge in [0.05, 0.1) is 11.3 Å². The number of carbonyl (C=O) groups is 1. The van der Waals surface area contributed by atoms with Crippen LogP contribution in [0.1, 0.15) is 26.2 Å². The summed E-state index contributed by atoms with van der Waals surface area (Å²) in [5, 5.41) is 12.3. The first-order chi connectivity index (χ1) is 7.44. The molecular formula is C10H17N3O3. The van der Waals surface area contributed by atoms with Crippen molar-refractivity contribution in [1.82, 2.24) is 4.90 Å². The first-order valence-electron chi connectivity index (χ1n) is 5.33. The molecule has 6 heteroatoms. The maximum absolute atomic E-state index is 11.8. The molecule has 1 aliphatic heterocycles. The van der Waals surface area contributed by atoms with E-state index < -0.39 is 5.03 Å². The molecule has 16 heavy (non-hydrogen) atoms. The molecule has 0 aromatic carbocycles. The zero-order valence-corrected chi connectivity index (χ0v) is 9.68. The summed E-state index contributed by atoms with van der Waals surface area (Å²) < 4.78 is 0. The van der Waals surface area contributed by atoms with Crippen molar-refractivity contribution in [3.63, 3.8) is 0 Å². The van der Waals surface area contributed by atoms with Gasteiger partial charge in [-0.2, -0.15) is 0 Å². The zero-order valence-electron chi connectivity index (χ0n) is 9.68. The van der Waals surface area contributed by atoms with Crippen molar-refractivity contribution in [2.24, 2.45) is 10.5 Å². The standard InChI is InChI=1S/C10H17N3O3/c1-10(5-3-6-11-13(15)16)8-12(2)7-4-9(10)14/h6H,3-5,7-8H2,1-2H3/b11-6-. The van der Waals surface area contributed by atoms with E-state index in [9.17, 15) is 14.9 Å². The van der Waals surface area contributed by atoms with E-state index in [1.807, 2.05) is 14.0 Å². The second-order valence-corrected chi connectivity index (χ2v) is 4.55. The summed E-state index contributed by atoms with van der Waals surface area (Å²) in [5.74, 6) is 0.250. The van der Waals surface area contributed by atoms with E-state index in [-0.39, 0.29) is 11.2 Å². The molecular weight excluding hydrogens is 210 g/mol. The van der Waals surface area contributed by atoms with Crippen LogP contribution in [0.15, 0.2) is 5.10 Å². The quantitative estimate of drug-likeness (QED) is 0.407. The number of carbonyl (C=O) groups excluding carboxylic acids is 1. The van der Waals surface area contributed by atoms with Crippen LogP contribution in [0.25, 0.3) is 0 Å². The number of hydrazone groups is 1. The highest BCUT2D eigenvalue weighted by Crippen LogP contribution is 2.30. The Hall–Kier alpha value is -1.30. The van der Waals surface area contributed by atoms with Crippen molar-refractivity contribution in [2.75, 3.05) is 20.1 Å². The fourth-order valence-corrected chi connectivity index (χ4v) is 2.08. The average Bonchev–Trinajstić information content (AvgIpc) is 2.19. The van der Waals surface area contributed by atoms with Crippen LogP contribution in [0.5, 0.6) is 0 Å². The predicted molar refractivity (Wildman–Crippen MR) is 59.9 cm³/mol. The molecule has 0 spiro atoms. The maximum Gasteiger partial charge on any atom is 0.190 e. The van der Waals surface area contributed by atoms with E-state index in [0.29, 0.717) is 19.3 Å². The summed E-state index contributed by atoms with van der Waals surface area (Å²) in [7, 11) is 1.98. The lowest BCUT2D eigenvalue weighted by Crippen LogP contribution is -2.46. The molecule has 0 saturated carbocycles. The van der Waals surface area contributed by atoms with E-state index >= 15 is 0 Å². The van der Waals surface area contributed by atoms with Gasteiger partial charge in [-0.25, -0.2) is 10.1 Å². The molecule has 90 valence electrons. The maximum atomic E-state index is 11.8. The normalized spacial score (nSPS) is 27.5. The number of likely N-dealkylation sites (tertiary alicyclic amines) is 1. The fraction of sp³-hybridized carbons (Fsp3) is 0.800. The number of hydrogen-bond acceptors (Lipinski definition) is 4. The van der Waals surface area contributed by atoms with Gasteiger partial charge in [-0.05, 0) is 19.9 Å². The molecule has 1 rings (SSSR count). The highest BCUT2D eigenvalue weighted by Gasteiger charge is 2.36. The van der Waals surface area contributed by atoms with E-state index in [2.05, 4.69) is 10.0 Å². The largest absolute Gasteiger partial charge is 0.305 e. The lowest BCUT2D eigenvalue weighted by atomic mass is 9.77. The number of Topliss-reactive ketones (excluding diaryl/α,β-unsaturated/α-hetero) is 1. The molecule has 6 nitrogen and oxygen atoms in total. The summed E-state index contributed by atoms with van der Waals surface area (Å²) in [4.78, 5) is 23.9. The Balaban J connectivity index is 2.49. The van der Waals surface area contributed by atoms with Gasteiger partial charge in [-0.15, -0.1) is 0 Å². The first-order valence-corrected chi connectivity index (χ1v) is 5.33. The zero-order chi connectivity index (χ0) is 12.2. The molecule has 0 radical (unpaired) electrons. The van der Waals surface area contributed by atoms with Gasteiger partial charge in [0.1, 0.15) is 5.78 Å². The number of nitrogens with zero attached hydrogens (tertiary/aromatic N) is 3. The Morgan fingerprint density at radius 1 is 1.69 bits per heavy atom. The van der Waals surface area contributed by atoms with Crippen LogP contribution in [0.2, 0.25) is 0 Å². The number of nitro groups is 1. The van der Waals surface area contributed by atoms with Crippen molar-refractivity contribution in [2.45, 2.75) is 26.2 Å². The minimum atomic E-state index is -0.725. The lowest BCUT2D eigenvalue weighted by Gasteiger charge is -2.37. The minimum absolute atomic E-state index is 0.250. The highest BCUT2D eigenvalue weighted by molar-refractivity contribution is 5.85. The summed E-state index contributed by atoms with van der Waals surface area (Å²) in [6.07, 6.45) is 2.93. The Labute approximate surface area is 94.5 Å². The molecule has 0 amide bonds. The van der Waals surface area contributed by atoms with Crippen molar-refractivity contribution < 1.29 is 9.83 Å². The number of hydrogen-bond donors (Lipinski definition) is 0. The van der Waals surface area contributed by atoms with Crippen LogP contribution < -0.4 is 0 Å². The molecule has 0 aromatic heterocycles. The van der Waals surface area contributed by atoms with Crippen LogP contribution >= 0.6 is 0 Å². The Morgan fingerprint density at radius 3 is 3.00 bits per heavy atom. The number of ketones is 1. The minimum Gasteiger partial charge on any atom is -0.305 e.